The largest absolute Gasteiger partial charge is 0.465 e. The number of ether oxygens (including phenoxy) is 1. The lowest BCUT2D eigenvalue weighted by Gasteiger charge is -2.03. The van der Waals surface area contributed by atoms with E-state index >= 15 is 0 Å². The fourth-order valence-corrected chi connectivity index (χ4v) is 1.16. The summed E-state index contributed by atoms with van der Waals surface area (Å²) in [6, 6.07) is 4.73. The molecule has 0 aromatic heterocycles. The number of hydrogen-bond donors (Lipinski definition) is 1. The fraction of sp³-hybridized carbons (Fsp3) is 0.222. The van der Waals surface area contributed by atoms with Crippen LogP contribution in [0.4, 0.5) is 5.69 Å². The number of benzene rings is 1. The minimum Gasteiger partial charge on any atom is -0.465 e. The summed E-state index contributed by atoms with van der Waals surface area (Å²) in [5.41, 5.74) is 15.2. The fourth-order valence-electron chi connectivity index (χ4n) is 1.16. The molecule has 0 spiro atoms. The molecule has 6 nitrogen and oxygen atoms in total. The first-order valence-electron chi connectivity index (χ1n) is 4.16. The van der Waals surface area contributed by atoms with E-state index in [1.807, 2.05) is 0 Å². The Morgan fingerprint density at radius 1 is 1.60 bits per heavy atom. The van der Waals surface area contributed by atoms with Crippen molar-refractivity contribution in [2.24, 2.45) is 5.11 Å². The lowest BCUT2D eigenvalue weighted by atomic mass is 10.1. The van der Waals surface area contributed by atoms with Gasteiger partial charge >= 0.3 is 5.97 Å². The van der Waals surface area contributed by atoms with Gasteiger partial charge in [-0.2, -0.15) is 0 Å². The predicted octanol–water partition coefficient (Wildman–Crippen LogP) is 1.87. The average Bonchev–Trinajstić information content (AvgIpc) is 2.24. The van der Waals surface area contributed by atoms with Gasteiger partial charge in [0.1, 0.15) is 0 Å². The highest BCUT2D eigenvalue weighted by Gasteiger charge is 2.07. The first-order chi connectivity index (χ1) is 7.17. The molecule has 0 saturated carbocycles. The number of methoxy groups -OCH3 is 1. The Balaban J connectivity index is 3.04. The average molecular weight is 206 g/mol. The molecule has 0 aliphatic rings. The second kappa shape index (κ2) is 4.88. The number of nitrogen functional groups attached to an aromatic ring is 1. The Morgan fingerprint density at radius 3 is 2.93 bits per heavy atom. The van der Waals surface area contributed by atoms with E-state index in [1.54, 1.807) is 12.1 Å². The topological polar surface area (TPSA) is 101 Å². The quantitative estimate of drug-likeness (QED) is 0.268. The van der Waals surface area contributed by atoms with E-state index in [0.29, 0.717) is 16.8 Å². The van der Waals surface area contributed by atoms with Crippen LogP contribution in [0.1, 0.15) is 15.9 Å². The summed E-state index contributed by atoms with van der Waals surface area (Å²) in [5.74, 6) is -0.468. The van der Waals surface area contributed by atoms with Crippen LogP contribution in [0.25, 0.3) is 10.4 Å². The zero-order valence-electron chi connectivity index (χ0n) is 8.17. The van der Waals surface area contributed by atoms with Gasteiger partial charge in [-0.05, 0) is 29.3 Å². The molecule has 0 heterocycles. The summed E-state index contributed by atoms with van der Waals surface area (Å²) in [4.78, 5) is 13.8. The maximum Gasteiger partial charge on any atom is 0.337 e. The third-order valence-corrected chi connectivity index (χ3v) is 1.75. The van der Waals surface area contributed by atoms with Gasteiger partial charge in [-0.3, -0.25) is 0 Å². The maximum absolute atomic E-state index is 11.2. The molecule has 0 amide bonds. The van der Waals surface area contributed by atoms with Crippen molar-refractivity contribution in [3.05, 3.63) is 39.8 Å². The molecule has 15 heavy (non-hydrogen) atoms. The second-order valence-electron chi connectivity index (χ2n) is 2.84. The van der Waals surface area contributed by atoms with Gasteiger partial charge in [-0.1, -0.05) is 5.11 Å². The van der Waals surface area contributed by atoms with E-state index < -0.39 is 5.97 Å². The predicted molar refractivity (Wildman–Crippen MR) is 55.0 cm³/mol. The van der Waals surface area contributed by atoms with Crippen LogP contribution >= 0.6 is 0 Å². The van der Waals surface area contributed by atoms with E-state index in [9.17, 15) is 4.79 Å². The third kappa shape index (κ3) is 2.89. The van der Waals surface area contributed by atoms with Gasteiger partial charge in [0.05, 0.1) is 19.2 Å². The number of rotatable bonds is 3. The minimum atomic E-state index is -0.468. The zero-order valence-corrected chi connectivity index (χ0v) is 8.17. The molecule has 0 atom stereocenters. The van der Waals surface area contributed by atoms with E-state index in [-0.39, 0.29) is 6.54 Å². The molecule has 0 aliphatic heterocycles. The summed E-state index contributed by atoms with van der Waals surface area (Å²) in [5, 5.41) is 3.38. The Kier molecular flexibility index (Phi) is 3.54. The van der Waals surface area contributed by atoms with Crippen LogP contribution in [0.3, 0.4) is 0 Å². The van der Waals surface area contributed by atoms with Gasteiger partial charge in [-0.15, -0.1) is 0 Å². The third-order valence-electron chi connectivity index (χ3n) is 1.75. The molecule has 0 saturated heterocycles. The van der Waals surface area contributed by atoms with Crippen LogP contribution in [0.15, 0.2) is 23.3 Å². The number of carbonyl (C=O) groups excluding carboxylic acids is 1. The number of nitrogens with zero attached hydrogens (tertiary/aromatic N) is 3. The highest BCUT2D eigenvalue weighted by atomic mass is 16.5. The van der Waals surface area contributed by atoms with Crippen LogP contribution < -0.4 is 5.73 Å². The van der Waals surface area contributed by atoms with E-state index in [4.69, 9.17) is 11.3 Å². The lowest BCUT2D eigenvalue weighted by Crippen LogP contribution is -2.03. The van der Waals surface area contributed by atoms with Gasteiger partial charge in [0, 0.05) is 10.6 Å². The molecule has 1 rings (SSSR count). The lowest BCUT2D eigenvalue weighted by molar-refractivity contribution is 0.0600. The van der Waals surface area contributed by atoms with Crippen molar-refractivity contribution < 1.29 is 9.53 Å². The second-order valence-corrected chi connectivity index (χ2v) is 2.84. The van der Waals surface area contributed by atoms with Crippen LogP contribution in [-0.4, -0.2) is 13.1 Å². The van der Waals surface area contributed by atoms with Crippen molar-refractivity contribution in [3.63, 3.8) is 0 Å². The highest BCUT2D eigenvalue weighted by Crippen LogP contribution is 2.14. The minimum absolute atomic E-state index is 0.158. The SMILES string of the molecule is COC(=O)c1cc(N)cc(CN=[N+]=[N-])c1. The molecule has 6 heteroatoms. The molecule has 0 fully saturated rings. The molecular weight excluding hydrogens is 196 g/mol. The molecule has 0 aliphatic carbocycles. The summed E-state index contributed by atoms with van der Waals surface area (Å²) in [6.45, 7) is 0.158. The number of nitrogens with two attached hydrogens (primary N) is 1. The Morgan fingerprint density at radius 2 is 2.33 bits per heavy atom. The summed E-state index contributed by atoms with van der Waals surface area (Å²) < 4.78 is 4.55. The van der Waals surface area contributed by atoms with Crippen molar-refractivity contribution in [2.75, 3.05) is 12.8 Å². The summed E-state index contributed by atoms with van der Waals surface area (Å²) in [7, 11) is 1.29. The standard InChI is InChI=1S/C9H10N4O2/c1-15-9(14)7-2-6(5-12-13-11)3-8(10)4-7/h2-4H,5,10H2,1H3. The Bertz CT molecular complexity index is 424. The molecular formula is C9H10N4O2. The molecule has 0 bridgehead atoms. The molecule has 0 radical (unpaired) electrons. The van der Waals surface area contributed by atoms with Crippen LogP contribution in [0, 0.1) is 0 Å². The maximum atomic E-state index is 11.2. The summed E-state index contributed by atoms with van der Waals surface area (Å²) in [6.07, 6.45) is 0. The van der Waals surface area contributed by atoms with Crippen molar-refractivity contribution in [3.8, 4) is 0 Å². The number of anilines is 1. The smallest absolute Gasteiger partial charge is 0.337 e. The molecule has 1 aromatic rings. The van der Waals surface area contributed by atoms with Gasteiger partial charge in [0.2, 0.25) is 0 Å². The van der Waals surface area contributed by atoms with Crippen molar-refractivity contribution >= 4 is 11.7 Å². The Labute approximate surface area is 86.3 Å². The van der Waals surface area contributed by atoms with Gasteiger partial charge in [0.25, 0.3) is 0 Å². The Hall–Kier alpha value is -2.20. The molecule has 0 unspecified atom stereocenters. The normalized spacial score (nSPS) is 9.13. The number of hydrogen-bond acceptors (Lipinski definition) is 4. The van der Waals surface area contributed by atoms with Crippen molar-refractivity contribution in [2.45, 2.75) is 6.54 Å². The van der Waals surface area contributed by atoms with Crippen LogP contribution in [0.2, 0.25) is 0 Å². The first-order valence-corrected chi connectivity index (χ1v) is 4.16. The monoisotopic (exact) mass is 206 g/mol. The number of carbonyl (C=O) groups is 1. The van der Waals surface area contributed by atoms with Gasteiger partial charge in [0.15, 0.2) is 0 Å². The van der Waals surface area contributed by atoms with E-state index in [2.05, 4.69) is 14.8 Å². The molecule has 2 N–H and O–H groups in total. The summed E-state index contributed by atoms with van der Waals surface area (Å²) >= 11 is 0. The van der Waals surface area contributed by atoms with E-state index in [0.717, 1.165) is 0 Å². The van der Waals surface area contributed by atoms with Crippen LogP contribution in [0.5, 0.6) is 0 Å². The zero-order chi connectivity index (χ0) is 11.3. The van der Waals surface area contributed by atoms with E-state index in [1.165, 1.54) is 13.2 Å². The molecule has 1 aromatic carbocycles. The number of azide groups is 1. The van der Waals surface area contributed by atoms with Crippen LogP contribution in [-0.2, 0) is 11.3 Å². The molecule has 78 valence electrons. The number of esters is 1. The van der Waals surface area contributed by atoms with Crippen molar-refractivity contribution in [1.82, 2.24) is 0 Å². The highest BCUT2D eigenvalue weighted by molar-refractivity contribution is 5.90. The van der Waals surface area contributed by atoms with Gasteiger partial charge in [-0.25, -0.2) is 4.79 Å². The first kappa shape index (κ1) is 10.9. The van der Waals surface area contributed by atoms with Crippen molar-refractivity contribution in [1.29, 1.82) is 0 Å². The van der Waals surface area contributed by atoms with Gasteiger partial charge < -0.3 is 10.5 Å².